The zero-order chi connectivity index (χ0) is 19.2. The molecule has 144 valence electrons. The summed E-state index contributed by atoms with van der Waals surface area (Å²) in [6, 6.07) is 10.1. The summed E-state index contributed by atoms with van der Waals surface area (Å²) in [6.45, 7) is 7.78. The standard InChI is InChI=1S/C21H27N3O2S/c1-16-5-6-18(12-17(16)2)14-24(20(25)13-19-4-3-11-27-19)15-21(26)23-9-7-22-8-10-23/h3-6,11-12,22H,7-10,13-15H2,1-2H3. The highest BCUT2D eigenvalue weighted by Gasteiger charge is 2.23. The molecule has 1 aliphatic heterocycles. The highest BCUT2D eigenvalue weighted by molar-refractivity contribution is 7.10. The van der Waals surface area contributed by atoms with Gasteiger partial charge in [0.15, 0.2) is 0 Å². The van der Waals surface area contributed by atoms with E-state index >= 15 is 0 Å². The number of aryl methyl sites for hydroxylation is 2. The summed E-state index contributed by atoms with van der Waals surface area (Å²) in [7, 11) is 0. The second kappa shape index (κ2) is 9.15. The number of nitrogens with zero attached hydrogens (tertiary/aromatic N) is 2. The van der Waals surface area contributed by atoms with Crippen LogP contribution < -0.4 is 5.32 Å². The molecular formula is C21H27N3O2S. The predicted molar refractivity (Wildman–Crippen MR) is 109 cm³/mol. The number of carbonyl (C=O) groups is 2. The number of nitrogens with one attached hydrogen (secondary N) is 1. The lowest BCUT2D eigenvalue weighted by atomic mass is 10.1. The van der Waals surface area contributed by atoms with Gasteiger partial charge in [0.2, 0.25) is 11.8 Å². The molecule has 5 nitrogen and oxygen atoms in total. The Balaban J connectivity index is 1.73. The minimum Gasteiger partial charge on any atom is -0.339 e. The van der Waals surface area contributed by atoms with Crippen molar-refractivity contribution in [2.75, 3.05) is 32.7 Å². The van der Waals surface area contributed by atoms with Crippen LogP contribution in [-0.2, 0) is 22.6 Å². The van der Waals surface area contributed by atoms with Crippen LogP contribution in [0.15, 0.2) is 35.7 Å². The summed E-state index contributed by atoms with van der Waals surface area (Å²) < 4.78 is 0. The van der Waals surface area contributed by atoms with Gasteiger partial charge in [-0.15, -0.1) is 11.3 Å². The Kier molecular flexibility index (Phi) is 6.63. The third-order valence-electron chi connectivity index (χ3n) is 5.00. The van der Waals surface area contributed by atoms with E-state index in [0.717, 1.165) is 23.5 Å². The number of benzene rings is 1. The van der Waals surface area contributed by atoms with Crippen molar-refractivity contribution in [3.8, 4) is 0 Å². The number of carbonyl (C=O) groups excluding carboxylic acids is 2. The van der Waals surface area contributed by atoms with E-state index in [1.807, 2.05) is 28.5 Å². The summed E-state index contributed by atoms with van der Waals surface area (Å²) in [5, 5.41) is 5.23. The van der Waals surface area contributed by atoms with E-state index in [0.29, 0.717) is 26.1 Å². The first-order chi connectivity index (χ1) is 13.0. The smallest absolute Gasteiger partial charge is 0.242 e. The fraction of sp³-hybridized carbons (Fsp3) is 0.429. The van der Waals surface area contributed by atoms with Gasteiger partial charge < -0.3 is 15.1 Å². The van der Waals surface area contributed by atoms with E-state index in [1.165, 1.54) is 11.1 Å². The minimum atomic E-state index is -0.000775. The zero-order valence-corrected chi connectivity index (χ0v) is 16.8. The van der Waals surface area contributed by atoms with Crippen molar-refractivity contribution in [2.45, 2.75) is 26.8 Å². The summed E-state index contributed by atoms with van der Waals surface area (Å²) in [4.78, 5) is 30.2. The van der Waals surface area contributed by atoms with Crippen molar-refractivity contribution >= 4 is 23.2 Å². The zero-order valence-electron chi connectivity index (χ0n) is 16.0. The van der Waals surface area contributed by atoms with Crippen molar-refractivity contribution in [3.05, 3.63) is 57.3 Å². The van der Waals surface area contributed by atoms with Crippen molar-refractivity contribution in [3.63, 3.8) is 0 Å². The molecule has 1 aliphatic rings. The summed E-state index contributed by atoms with van der Waals surface area (Å²) in [5.74, 6) is 0.0269. The second-order valence-corrected chi connectivity index (χ2v) is 8.09. The summed E-state index contributed by atoms with van der Waals surface area (Å²) in [6.07, 6.45) is 0.345. The Morgan fingerprint density at radius 2 is 1.93 bits per heavy atom. The maximum Gasteiger partial charge on any atom is 0.242 e. The summed E-state index contributed by atoms with van der Waals surface area (Å²) >= 11 is 1.58. The van der Waals surface area contributed by atoms with Crippen LogP contribution in [0, 0.1) is 13.8 Å². The van der Waals surface area contributed by atoms with Gasteiger partial charge in [0.05, 0.1) is 6.42 Å². The van der Waals surface area contributed by atoms with Crippen LogP contribution in [0.2, 0.25) is 0 Å². The Labute approximate surface area is 165 Å². The average Bonchev–Trinajstić information content (AvgIpc) is 3.17. The predicted octanol–water partition coefficient (Wildman–Crippen LogP) is 2.37. The molecule has 6 heteroatoms. The molecule has 1 saturated heterocycles. The van der Waals surface area contributed by atoms with E-state index in [4.69, 9.17) is 0 Å². The molecule has 27 heavy (non-hydrogen) atoms. The van der Waals surface area contributed by atoms with Crippen LogP contribution in [0.4, 0.5) is 0 Å². The van der Waals surface area contributed by atoms with Gasteiger partial charge in [-0.25, -0.2) is 0 Å². The number of amides is 2. The van der Waals surface area contributed by atoms with Crippen LogP contribution in [-0.4, -0.2) is 54.3 Å². The molecule has 2 heterocycles. The molecule has 1 aromatic heterocycles. The Morgan fingerprint density at radius 3 is 2.59 bits per heavy atom. The number of thiophene rings is 1. The first-order valence-corrected chi connectivity index (χ1v) is 10.3. The maximum absolute atomic E-state index is 12.9. The van der Waals surface area contributed by atoms with E-state index < -0.39 is 0 Å². The molecule has 0 bridgehead atoms. The van der Waals surface area contributed by atoms with Gasteiger partial charge in [0.25, 0.3) is 0 Å². The fourth-order valence-electron chi connectivity index (χ4n) is 3.21. The molecule has 0 radical (unpaired) electrons. The Bertz CT molecular complexity index is 783. The van der Waals surface area contributed by atoms with E-state index in [9.17, 15) is 9.59 Å². The van der Waals surface area contributed by atoms with Crippen molar-refractivity contribution in [2.24, 2.45) is 0 Å². The molecular weight excluding hydrogens is 358 g/mol. The topological polar surface area (TPSA) is 52.7 Å². The van der Waals surface area contributed by atoms with Gasteiger partial charge in [-0.05, 0) is 42.0 Å². The van der Waals surface area contributed by atoms with E-state index in [1.54, 1.807) is 16.2 Å². The largest absolute Gasteiger partial charge is 0.339 e. The van der Waals surface area contributed by atoms with Crippen LogP contribution in [0.5, 0.6) is 0 Å². The highest BCUT2D eigenvalue weighted by atomic mass is 32.1. The molecule has 0 aliphatic carbocycles. The molecule has 2 amide bonds. The first-order valence-electron chi connectivity index (χ1n) is 9.37. The minimum absolute atomic E-state index is 0.000775. The summed E-state index contributed by atoms with van der Waals surface area (Å²) in [5.41, 5.74) is 3.49. The number of hydrogen-bond donors (Lipinski definition) is 1. The van der Waals surface area contributed by atoms with Gasteiger partial charge in [-0.1, -0.05) is 24.3 Å². The molecule has 0 saturated carbocycles. The molecule has 0 spiro atoms. The van der Waals surface area contributed by atoms with Gasteiger partial charge in [0, 0.05) is 37.6 Å². The van der Waals surface area contributed by atoms with Gasteiger partial charge in [-0.2, -0.15) is 0 Å². The quantitative estimate of drug-likeness (QED) is 0.831. The van der Waals surface area contributed by atoms with Crippen molar-refractivity contribution in [1.82, 2.24) is 15.1 Å². The normalized spacial score (nSPS) is 14.2. The molecule has 0 unspecified atom stereocenters. The lowest BCUT2D eigenvalue weighted by molar-refractivity contribution is -0.141. The lowest BCUT2D eigenvalue weighted by Gasteiger charge is -2.30. The van der Waals surface area contributed by atoms with E-state index in [-0.39, 0.29) is 18.4 Å². The third kappa shape index (κ3) is 5.40. The van der Waals surface area contributed by atoms with Gasteiger partial charge in [0.1, 0.15) is 6.54 Å². The van der Waals surface area contributed by atoms with Crippen LogP contribution in [0.1, 0.15) is 21.6 Å². The molecule has 1 aromatic carbocycles. The molecule has 0 atom stereocenters. The number of rotatable bonds is 6. The second-order valence-electron chi connectivity index (χ2n) is 7.06. The number of piperazine rings is 1. The van der Waals surface area contributed by atoms with Crippen molar-refractivity contribution < 1.29 is 9.59 Å². The van der Waals surface area contributed by atoms with Crippen molar-refractivity contribution in [1.29, 1.82) is 0 Å². The first kappa shape index (κ1) is 19.6. The Hall–Kier alpha value is -2.18. The fourth-order valence-corrected chi connectivity index (χ4v) is 3.90. The third-order valence-corrected chi connectivity index (χ3v) is 5.88. The lowest BCUT2D eigenvalue weighted by Crippen LogP contribution is -2.50. The SMILES string of the molecule is Cc1ccc(CN(CC(=O)N2CCNCC2)C(=O)Cc2cccs2)cc1C. The van der Waals surface area contributed by atoms with Crippen LogP contribution in [0.25, 0.3) is 0 Å². The van der Waals surface area contributed by atoms with Crippen LogP contribution in [0.3, 0.4) is 0 Å². The molecule has 2 aromatic rings. The van der Waals surface area contributed by atoms with Crippen LogP contribution >= 0.6 is 11.3 Å². The van der Waals surface area contributed by atoms with Gasteiger partial charge >= 0.3 is 0 Å². The Morgan fingerprint density at radius 1 is 1.15 bits per heavy atom. The molecule has 1 N–H and O–H groups in total. The average molecular weight is 386 g/mol. The highest BCUT2D eigenvalue weighted by Crippen LogP contribution is 2.15. The molecule has 3 rings (SSSR count). The van der Waals surface area contributed by atoms with Gasteiger partial charge in [-0.3, -0.25) is 9.59 Å². The maximum atomic E-state index is 12.9. The van der Waals surface area contributed by atoms with E-state index in [2.05, 4.69) is 31.3 Å². The molecule has 1 fully saturated rings. The monoisotopic (exact) mass is 385 g/mol. The number of hydrogen-bond acceptors (Lipinski definition) is 4.